The molecule has 1 aliphatic rings. The van der Waals surface area contributed by atoms with Gasteiger partial charge in [0.15, 0.2) is 0 Å². The first kappa shape index (κ1) is 10.5. The van der Waals surface area contributed by atoms with E-state index in [-0.39, 0.29) is 5.41 Å². The van der Waals surface area contributed by atoms with Crippen LogP contribution in [-0.4, -0.2) is 11.7 Å². The average Bonchev–Trinajstić information content (AvgIpc) is 2.15. The molecule has 0 aliphatic carbocycles. The monoisotopic (exact) mass is 205 g/mol. The summed E-state index contributed by atoms with van der Waals surface area (Å²) >= 11 is 0. The van der Waals surface area contributed by atoms with Crippen LogP contribution in [0.2, 0.25) is 0 Å². The highest BCUT2D eigenvalue weighted by Gasteiger charge is 2.30. The Balaban J connectivity index is 2.45. The summed E-state index contributed by atoms with van der Waals surface area (Å²) in [6.07, 6.45) is 0. The van der Waals surface area contributed by atoms with E-state index in [4.69, 9.17) is 0 Å². The molecule has 82 valence electrons. The van der Waals surface area contributed by atoms with E-state index in [0.717, 1.165) is 13.1 Å². The van der Waals surface area contributed by atoms with Crippen LogP contribution >= 0.6 is 0 Å². The third-order valence-electron chi connectivity index (χ3n) is 3.21. The second-order valence-electron chi connectivity index (χ2n) is 5.43. The van der Waals surface area contributed by atoms with Crippen molar-refractivity contribution in [3.8, 4) is 5.75 Å². The Labute approximate surface area is 91.3 Å². The Hall–Kier alpha value is -1.02. The molecule has 1 unspecified atom stereocenters. The molecule has 0 saturated carbocycles. The van der Waals surface area contributed by atoms with Crippen molar-refractivity contribution in [2.24, 2.45) is 5.41 Å². The Bertz CT molecular complexity index is 365. The first-order chi connectivity index (χ1) is 6.98. The van der Waals surface area contributed by atoms with Crippen LogP contribution in [0.15, 0.2) is 18.2 Å². The molecule has 0 aromatic heterocycles. The number of phenols is 1. The standard InChI is InChI=1S/C13H19NO/c1-13(2,3)12-8-14-7-9-4-5-10(15)6-11(9)12/h4-6,12,14-15H,7-8H2,1-3H3. The van der Waals surface area contributed by atoms with Crippen LogP contribution in [0, 0.1) is 5.41 Å². The molecule has 2 nitrogen and oxygen atoms in total. The molecule has 1 aromatic carbocycles. The Morgan fingerprint density at radius 2 is 2.07 bits per heavy atom. The van der Waals surface area contributed by atoms with Crippen LogP contribution < -0.4 is 5.32 Å². The fourth-order valence-corrected chi connectivity index (χ4v) is 2.30. The molecule has 2 rings (SSSR count). The van der Waals surface area contributed by atoms with Crippen LogP contribution in [0.1, 0.15) is 37.8 Å². The molecule has 2 heteroatoms. The van der Waals surface area contributed by atoms with Crippen molar-refractivity contribution in [2.75, 3.05) is 6.54 Å². The molecule has 1 aliphatic heterocycles. The first-order valence-electron chi connectivity index (χ1n) is 5.51. The maximum atomic E-state index is 9.55. The smallest absolute Gasteiger partial charge is 0.115 e. The van der Waals surface area contributed by atoms with Crippen molar-refractivity contribution in [3.63, 3.8) is 0 Å². The molecule has 1 aromatic rings. The minimum absolute atomic E-state index is 0.232. The van der Waals surface area contributed by atoms with Crippen molar-refractivity contribution in [2.45, 2.75) is 33.2 Å². The molecule has 15 heavy (non-hydrogen) atoms. The van der Waals surface area contributed by atoms with Gasteiger partial charge in [-0.25, -0.2) is 0 Å². The summed E-state index contributed by atoms with van der Waals surface area (Å²) in [5.41, 5.74) is 2.86. The number of fused-ring (bicyclic) bond motifs is 1. The highest BCUT2D eigenvalue weighted by atomic mass is 16.3. The molecule has 0 radical (unpaired) electrons. The number of hydrogen-bond acceptors (Lipinski definition) is 2. The second kappa shape index (κ2) is 3.53. The third-order valence-corrected chi connectivity index (χ3v) is 3.21. The molecule has 0 saturated heterocycles. The van der Waals surface area contributed by atoms with Crippen molar-refractivity contribution in [1.82, 2.24) is 5.32 Å². The van der Waals surface area contributed by atoms with Gasteiger partial charge in [0.05, 0.1) is 0 Å². The summed E-state index contributed by atoms with van der Waals surface area (Å²) < 4.78 is 0. The van der Waals surface area contributed by atoms with Gasteiger partial charge in [0, 0.05) is 19.0 Å². The molecule has 1 atom stereocenters. The lowest BCUT2D eigenvalue weighted by Gasteiger charge is -2.36. The van der Waals surface area contributed by atoms with E-state index in [2.05, 4.69) is 26.1 Å². The SMILES string of the molecule is CC(C)(C)C1CNCc2ccc(O)cc21. The predicted molar refractivity (Wildman–Crippen MR) is 62.0 cm³/mol. The van der Waals surface area contributed by atoms with E-state index >= 15 is 0 Å². The van der Waals surface area contributed by atoms with Crippen LogP contribution in [0.3, 0.4) is 0 Å². The van der Waals surface area contributed by atoms with Gasteiger partial charge >= 0.3 is 0 Å². The van der Waals surface area contributed by atoms with E-state index < -0.39 is 0 Å². The zero-order chi connectivity index (χ0) is 11.1. The van der Waals surface area contributed by atoms with Crippen molar-refractivity contribution in [1.29, 1.82) is 0 Å². The Morgan fingerprint density at radius 1 is 1.33 bits per heavy atom. The number of hydrogen-bond donors (Lipinski definition) is 2. The summed E-state index contributed by atoms with van der Waals surface area (Å²) in [5.74, 6) is 0.859. The fraction of sp³-hybridized carbons (Fsp3) is 0.538. The fourth-order valence-electron chi connectivity index (χ4n) is 2.30. The quantitative estimate of drug-likeness (QED) is 0.682. The summed E-state index contributed by atoms with van der Waals surface area (Å²) in [5, 5.41) is 13.0. The number of aromatic hydroxyl groups is 1. The Kier molecular flexibility index (Phi) is 2.47. The van der Waals surface area contributed by atoms with E-state index in [9.17, 15) is 5.11 Å². The summed E-state index contributed by atoms with van der Waals surface area (Å²) in [6, 6.07) is 5.72. The van der Waals surface area contributed by atoms with Crippen LogP contribution in [0.25, 0.3) is 0 Å². The molecule has 0 bridgehead atoms. The largest absolute Gasteiger partial charge is 0.508 e. The van der Waals surface area contributed by atoms with Gasteiger partial charge < -0.3 is 10.4 Å². The lowest BCUT2D eigenvalue weighted by Crippen LogP contribution is -2.35. The van der Waals surface area contributed by atoms with Gasteiger partial charge in [-0.15, -0.1) is 0 Å². The summed E-state index contributed by atoms with van der Waals surface area (Å²) in [7, 11) is 0. The molecular weight excluding hydrogens is 186 g/mol. The molecule has 0 spiro atoms. The maximum absolute atomic E-state index is 9.55. The predicted octanol–water partition coefficient (Wildman–Crippen LogP) is 2.63. The minimum Gasteiger partial charge on any atom is -0.508 e. The zero-order valence-corrected chi connectivity index (χ0v) is 9.67. The third kappa shape index (κ3) is 2.00. The molecule has 1 heterocycles. The van der Waals surface area contributed by atoms with Crippen LogP contribution in [0.5, 0.6) is 5.75 Å². The number of nitrogens with one attached hydrogen (secondary N) is 1. The highest BCUT2D eigenvalue weighted by molar-refractivity contribution is 5.39. The van der Waals surface area contributed by atoms with Gasteiger partial charge in [0.25, 0.3) is 0 Å². The van der Waals surface area contributed by atoms with Crippen molar-refractivity contribution >= 4 is 0 Å². The number of rotatable bonds is 0. The molecule has 0 amide bonds. The number of phenolic OH excluding ortho intramolecular Hbond substituents is 1. The van der Waals surface area contributed by atoms with Crippen molar-refractivity contribution < 1.29 is 5.11 Å². The molecule has 0 fully saturated rings. The van der Waals surface area contributed by atoms with Crippen molar-refractivity contribution in [3.05, 3.63) is 29.3 Å². The highest BCUT2D eigenvalue weighted by Crippen LogP contribution is 2.39. The minimum atomic E-state index is 0.232. The normalized spacial score (nSPS) is 21.1. The summed E-state index contributed by atoms with van der Waals surface area (Å²) in [6.45, 7) is 8.66. The van der Waals surface area contributed by atoms with E-state index in [0.29, 0.717) is 11.7 Å². The molecular formula is C13H19NO. The van der Waals surface area contributed by atoms with Crippen LogP contribution in [-0.2, 0) is 6.54 Å². The van der Waals surface area contributed by atoms with E-state index in [1.807, 2.05) is 12.1 Å². The lowest BCUT2D eigenvalue weighted by molar-refractivity contribution is 0.295. The van der Waals surface area contributed by atoms with E-state index in [1.54, 1.807) is 6.07 Å². The maximum Gasteiger partial charge on any atom is 0.115 e. The zero-order valence-electron chi connectivity index (χ0n) is 9.67. The average molecular weight is 205 g/mol. The number of benzene rings is 1. The van der Waals surface area contributed by atoms with Gasteiger partial charge in [0.2, 0.25) is 0 Å². The van der Waals surface area contributed by atoms with Gasteiger partial charge in [-0.1, -0.05) is 26.8 Å². The topological polar surface area (TPSA) is 32.3 Å². The summed E-state index contributed by atoms with van der Waals surface area (Å²) in [4.78, 5) is 0. The van der Waals surface area contributed by atoms with Gasteiger partial charge in [0.1, 0.15) is 5.75 Å². The first-order valence-corrected chi connectivity index (χ1v) is 5.51. The van der Waals surface area contributed by atoms with E-state index in [1.165, 1.54) is 11.1 Å². The van der Waals surface area contributed by atoms with Gasteiger partial charge in [-0.3, -0.25) is 0 Å². The van der Waals surface area contributed by atoms with Gasteiger partial charge in [-0.05, 0) is 28.7 Å². The molecule has 2 N–H and O–H groups in total. The second-order valence-corrected chi connectivity index (χ2v) is 5.43. The lowest BCUT2D eigenvalue weighted by atomic mass is 9.73. The Morgan fingerprint density at radius 3 is 2.73 bits per heavy atom. The van der Waals surface area contributed by atoms with Gasteiger partial charge in [-0.2, -0.15) is 0 Å². The van der Waals surface area contributed by atoms with Crippen LogP contribution in [0.4, 0.5) is 0 Å².